The van der Waals surface area contributed by atoms with Gasteiger partial charge in [0.1, 0.15) is 24.7 Å². The molecule has 0 unspecified atom stereocenters. The smallest absolute Gasteiger partial charge is 0.142 e. The van der Waals surface area contributed by atoms with Crippen molar-refractivity contribution < 1.29 is 9.47 Å². The molecule has 0 heterocycles. The zero-order valence-corrected chi connectivity index (χ0v) is 11.3. The van der Waals surface area contributed by atoms with Gasteiger partial charge in [-0.1, -0.05) is 18.2 Å². The Balaban J connectivity index is 1.82. The van der Waals surface area contributed by atoms with E-state index in [1.807, 2.05) is 56.3 Å². The first-order chi connectivity index (χ1) is 9.15. The van der Waals surface area contributed by atoms with E-state index >= 15 is 0 Å². The molecule has 0 aromatic heterocycles. The van der Waals surface area contributed by atoms with Gasteiger partial charge in [0.05, 0.1) is 5.69 Å². The minimum absolute atomic E-state index is 0.474. The Morgan fingerprint density at radius 1 is 0.895 bits per heavy atom. The topological polar surface area (TPSA) is 44.5 Å². The van der Waals surface area contributed by atoms with Crippen molar-refractivity contribution in [2.24, 2.45) is 0 Å². The summed E-state index contributed by atoms with van der Waals surface area (Å²) in [6.45, 7) is 5.02. The van der Waals surface area contributed by atoms with E-state index < -0.39 is 0 Å². The molecule has 3 heteroatoms. The number of rotatable bonds is 5. The maximum atomic E-state index is 5.84. The van der Waals surface area contributed by atoms with Crippen molar-refractivity contribution in [1.29, 1.82) is 0 Å². The molecule has 0 saturated heterocycles. The summed E-state index contributed by atoms with van der Waals surface area (Å²) in [5.41, 5.74) is 8.80. The molecule has 2 N–H and O–H groups in total. The summed E-state index contributed by atoms with van der Waals surface area (Å²) >= 11 is 0. The molecule has 0 spiro atoms. The summed E-state index contributed by atoms with van der Waals surface area (Å²) in [4.78, 5) is 0. The maximum absolute atomic E-state index is 5.84. The minimum atomic E-state index is 0.474. The van der Waals surface area contributed by atoms with Crippen molar-refractivity contribution in [1.82, 2.24) is 0 Å². The first-order valence-corrected chi connectivity index (χ1v) is 6.33. The SMILES string of the molecule is Cc1cccc(OCCOc2cc(C)ccc2N)c1. The van der Waals surface area contributed by atoms with Gasteiger partial charge in [0, 0.05) is 0 Å². The number of aryl methyl sites for hydroxylation is 2. The maximum Gasteiger partial charge on any atom is 0.142 e. The first-order valence-electron chi connectivity index (χ1n) is 6.33. The summed E-state index contributed by atoms with van der Waals surface area (Å²) in [7, 11) is 0. The van der Waals surface area contributed by atoms with Crippen LogP contribution < -0.4 is 15.2 Å². The predicted molar refractivity (Wildman–Crippen MR) is 77.8 cm³/mol. The van der Waals surface area contributed by atoms with Crippen molar-refractivity contribution >= 4 is 5.69 Å². The quantitative estimate of drug-likeness (QED) is 0.660. The number of nitrogen functional groups attached to an aromatic ring is 1. The van der Waals surface area contributed by atoms with Crippen LogP contribution in [0, 0.1) is 13.8 Å². The zero-order chi connectivity index (χ0) is 13.7. The Morgan fingerprint density at radius 3 is 2.42 bits per heavy atom. The highest BCUT2D eigenvalue weighted by Gasteiger charge is 2.01. The second-order valence-electron chi connectivity index (χ2n) is 4.55. The van der Waals surface area contributed by atoms with E-state index in [0.717, 1.165) is 11.3 Å². The van der Waals surface area contributed by atoms with E-state index in [2.05, 4.69) is 0 Å². The van der Waals surface area contributed by atoms with Crippen molar-refractivity contribution in [2.75, 3.05) is 18.9 Å². The van der Waals surface area contributed by atoms with Gasteiger partial charge in [-0.15, -0.1) is 0 Å². The van der Waals surface area contributed by atoms with Gasteiger partial charge in [-0.25, -0.2) is 0 Å². The first kappa shape index (κ1) is 13.3. The normalized spacial score (nSPS) is 10.2. The molecule has 0 aliphatic rings. The van der Waals surface area contributed by atoms with Crippen LogP contribution in [0.2, 0.25) is 0 Å². The number of hydrogen-bond acceptors (Lipinski definition) is 3. The Kier molecular flexibility index (Phi) is 4.29. The molecule has 0 bridgehead atoms. The monoisotopic (exact) mass is 257 g/mol. The molecule has 0 amide bonds. The lowest BCUT2D eigenvalue weighted by molar-refractivity contribution is 0.218. The highest BCUT2D eigenvalue weighted by atomic mass is 16.5. The summed E-state index contributed by atoms with van der Waals surface area (Å²) < 4.78 is 11.2. The molecule has 2 aromatic rings. The van der Waals surface area contributed by atoms with Crippen LogP contribution in [0.4, 0.5) is 5.69 Å². The molecule has 0 atom stereocenters. The molecule has 100 valence electrons. The zero-order valence-electron chi connectivity index (χ0n) is 11.3. The summed E-state index contributed by atoms with van der Waals surface area (Å²) in [5.74, 6) is 1.58. The summed E-state index contributed by atoms with van der Waals surface area (Å²) in [6, 6.07) is 13.7. The van der Waals surface area contributed by atoms with E-state index in [4.69, 9.17) is 15.2 Å². The van der Waals surface area contributed by atoms with E-state index in [0.29, 0.717) is 24.7 Å². The highest BCUT2D eigenvalue weighted by molar-refractivity contribution is 5.53. The molecule has 0 aliphatic heterocycles. The number of nitrogens with two attached hydrogens (primary N) is 1. The predicted octanol–water partition coefficient (Wildman–Crippen LogP) is 3.34. The van der Waals surface area contributed by atoms with Gasteiger partial charge in [0.2, 0.25) is 0 Å². The number of anilines is 1. The van der Waals surface area contributed by atoms with E-state index in [9.17, 15) is 0 Å². The van der Waals surface area contributed by atoms with Crippen LogP contribution in [-0.2, 0) is 0 Å². The van der Waals surface area contributed by atoms with Gasteiger partial charge >= 0.3 is 0 Å². The third kappa shape index (κ3) is 3.91. The number of benzene rings is 2. The van der Waals surface area contributed by atoms with Gasteiger partial charge in [-0.3, -0.25) is 0 Å². The van der Waals surface area contributed by atoms with Crippen LogP contribution in [0.3, 0.4) is 0 Å². The average Bonchev–Trinajstić information content (AvgIpc) is 2.39. The number of hydrogen-bond donors (Lipinski definition) is 1. The fourth-order valence-electron chi connectivity index (χ4n) is 1.78. The third-order valence-corrected chi connectivity index (χ3v) is 2.77. The lowest BCUT2D eigenvalue weighted by Crippen LogP contribution is -2.10. The summed E-state index contributed by atoms with van der Waals surface area (Å²) in [6.07, 6.45) is 0. The molecular formula is C16H19NO2. The molecule has 2 aromatic carbocycles. The molecule has 19 heavy (non-hydrogen) atoms. The lowest BCUT2D eigenvalue weighted by Gasteiger charge is -2.11. The third-order valence-electron chi connectivity index (χ3n) is 2.77. The minimum Gasteiger partial charge on any atom is -0.490 e. The highest BCUT2D eigenvalue weighted by Crippen LogP contribution is 2.22. The Labute approximate surface area is 114 Å². The van der Waals surface area contributed by atoms with Gasteiger partial charge < -0.3 is 15.2 Å². The molecule has 0 aliphatic carbocycles. The van der Waals surface area contributed by atoms with Crippen LogP contribution in [0.15, 0.2) is 42.5 Å². The second kappa shape index (κ2) is 6.14. The van der Waals surface area contributed by atoms with E-state index in [1.54, 1.807) is 0 Å². The molecule has 0 saturated carbocycles. The fourth-order valence-corrected chi connectivity index (χ4v) is 1.78. The average molecular weight is 257 g/mol. The van der Waals surface area contributed by atoms with Gasteiger partial charge in [-0.2, -0.15) is 0 Å². The van der Waals surface area contributed by atoms with Gasteiger partial charge in [-0.05, 0) is 49.2 Å². The van der Waals surface area contributed by atoms with Gasteiger partial charge in [0.15, 0.2) is 0 Å². The molecule has 0 radical (unpaired) electrons. The Bertz CT molecular complexity index is 552. The molecule has 2 rings (SSSR count). The number of ether oxygens (including phenoxy) is 2. The molecule has 3 nitrogen and oxygen atoms in total. The Morgan fingerprint density at radius 2 is 1.63 bits per heavy atom. The van der Waals surface area contributed by atoms with Crippen LogP contribution in [0.5, 0.6) is 11.5 Å². The molecule has 0 fully saturated rings. The van der Waals surface area contributed by atoms with Crippen LogP contribution >= 0.6 is 0 Å². The lowest BCUT2D eigenvalue weighted by atomic mass is 10.2. The van der Waals surface area contributed by atoms with E-state index in [-0.39, 0.29) is 0 Å². The second-order valence-corrected chi connectivity index (χ2v) is 4.55. The summed E-state index contributed by atoms with van der Waals surface area (Å²) in [5, 5.41) is 0. The van der Waals surface area contributed by atoms with Crippen molar-refractivity contribution in [3.8, 4) is 11.5 Å². The standard InChI is InChI=1S/C16H19NO2/c1-12-4-3-5-14(10-12)18-8-9-19-16-11-13(2)6-7-15(16)17/h3-7,10-11H,8-9,17H2,1-2H3. The van der Waals surface area contributed by atoms with Crippen LogP contribution in [0.1, 0.15) is 11.1 Å². The van der Waals surface area contributed by atoms with Crippen molar-refractivity contribution in [2.45, 2.75) is 13.8 Å². The Hall–Kier alpha value is -2.16. The van der Waals surface area contributed by atoms with Gasteiger partial charge in [0.25, 0.3) is 0 Å². The van der Waals surface area contributed by atoms with E-state index in [1.165, 1.54) is 5.56 Å². The van der Waals surface area contributed by atoms with Crippen molar-refractivity contribution in [3.05, 3.63) is 53.6 Å². The van der Waals surface area contributed by atoms with Crippen molar-refractivity contribution in [3.63, 3.8) is 0 Å². The van der Waals surface area contributed by atoms with Crippen LogP contribution in [0.25, 0.3) is 0 Å². The van der Waals surface area contributed by atoms with Crippen LogP contribution in [-0.4, -0.2) is 13.2 Å². The largest absolute Gasteiger partial charge is 0.490 e. The molecular weight excluding hydrogens is 238 g/mol. The fraction of sp³-hybridized carbons (Fsp3) is 0.250.